The van der Waals surface area contributed by atoms with Crippen LogP contribution >= 0.6 is 11.6 Å². The summed E-state index contributed by atoms with van der Waals surface area (Å²) in [5.41, 5.74) is -0.130. The molecule has 0 saturated carbocycles. The van der Waals surface area contributed by atoms with Crippen LogP contribution in [0.25, 0.3) is 0 Å². The highest BCUT2D eigenvalue weighted by atomic mass is 35.5. The third-order valence-electron chi connectivity index (χ3n) is 2.62. The minimum Gasteiger partial charge on any atom is -0.378 e. The first-order valence-electron chi connectivity index (χ1n) is 5.33. The summed E-state index contributed by atoms with van der Waals surface area (Å²) in [6.45, 7) is 0.325. The van der Waals surface area contributed by atoms with Gasteiger partial charge in [0, 0.05) is 18.8 Å². The minimum absolute atomic E-state index is 0.325. The average Bonchev–Trinajstić information content (AvgIpc) is 2.69. The molecule has 0 aliphatic carbocycles. The van der Waals surface area contributed by atoms with Crippen molar-refractivity contribution in [2.75, 3.05) is 5.32 Å². The SMILES string of the molecule is Cn1c(Cl)cnc1CNc1ccc(F)c([N+](=O)[O-])c1. The van der Waals surface area contributed by atoms with Crippen LogP contribution in [0.5, 0.6) is 0 Å². The van der Waals surface area contributed by atoms with Crippen molar-refractivity contribution >= 4 is 23.0 Å². The quantitative estimate of drug-likeness (QED) is 0.692. The summed E-state index contributed by atoms with van der Waals surface area (Å²) in [6.07, 6.45) is 1.51. The summed E-state index contributed by atoms with van der Waals surface area (Å²) in [7, 11) is 1.75. The Bertz CT molecular complexity index is 629. The molecule has 8 heteroatoms. The van der Waals surface area contributed by atoms with Crippen LogP contribution in [0.3, 0.4) is 0 Å². The summed E-state index contributed by atoms with van der Waals surface area (Å²) in [5.74, 6) is -0.201. The van der Waals surface area contributed by atoms with Crippen molar-refractivity contribution in [1.29, 1.82) is 0 Å². The summed E-state index contributed by atoms with van der Waals surface area (Å²) in [6, 6.07) is 3.61. The lowest BCUT2D eigenvalue weighted by Gasteiger charge is -2.06. The van der Waals surface area contributed by atoms with Gasteiger partial charge in [-0.3, -0.25) is 10.1 Å². The molecule has 0 spiro atoms. The molecule has 0 atom stereocenters. The summed E-state index contributed by atoms with van der Waals surface area (Å²) >= 11 is 5.83. The van der Waals surface area contributed by atoms with Crippen molar-refractivity contribution in [2.45, 2.75) is 6.54 Å². The van der Waals surface area contributed by atoms with Crippen molar-refractivity contribution in [3.05, 3.63) is 51.3 Å². The lowest BCUT2D eigenvalue weighted by Crippen LogP contribution is -2.06. The van der Waals surface area contributed by atoms with Crippen LogP contribution in [-0.2, 0) is 13.6 Å². The number of nitrogens with one attached hydrogen (secondary N) is 1. The molecular weight excluding hydrogens is 275 g/mol. The summed E-state index contributed by atoms with van der Waals surface area (Å²) in [5, 5.41) is 14.0. The Kier molecular flexibility index (Phi) is 3.66. The third-order valence-corrected chi connectivity index (χ3v) is 2.97. The Labute approximate surface area is 113 Å². The smallest absolute Gasteiger partial charge is 0.306 e. The van der Waals surface area contributed by atoms with Crippen LogP contribution in [0.15, 0.2) is 24.4 Å². The highest BCUT2D eigenvalue weighted by Gasteiger charge is 2.14. The molecule has 0 bridgehead atoms. The van der Waals surface area contributed by atoms with E-state index < -0.39 is 16.4 Å². The number of imidazole rings is 1. The van der Waals surface area contributed by atoms with Gasteiger partial charge in [-0.05, 0) is 12.1 Å². The number of halogens is 2. The molecule has 0 fully saturated rings. The van der Waals surface area contributed by atoms with Gasteiger partial charge in [-0.2, -0.15) is 4.39 Å². The van der Waals surface area contributed by atoms with E-state index in [4.69, 9.17) is 11.6 Å². The van der Waals surface area contributed by atoms with E-state index in [1.54, 1.807) is 11.6 Å². The number of anilines is 1. The molecule has 19 heavy (non-hydrogen) atoms. The lowest BCUT2D eigenvalue weighted by molar-refractivity contribution is -0.387. The molecule has 0 radical (unpaired) electrons. The zero-order valence-electron chi connectivity index (χ0n) is 9.93. The fourth-order valence-corrected chi connectivity index (χ4v) is 1.68. The average molecular weight is 285 g/mol. The van der Waals surface area contributed by atoms with Crippen molar-refractivity contribution < 1.29 is 9.31 Å². The van der Waals surface area contributed by atoms with Gasteiger partial charge in [-0.1, -0.05) is 11.6 Å². The van der Waals surface area contributed by atoms with Gasteiger partial charge in [-0.15, -0.1) is 0 Å². The van der Waals surface area contributed by atoms with E-state index in [9.17, 15) is 14.5 Å². The Hall–Kier alpha value is -2.15. The highest BCUT2D eigenvalue weighted by Crippen LogP contribution is 2.22. The fraction of sp³-hybridized carbons (Fsp3) is 0.182. The molecule has 6 nitrogen and oxygen atoms in total. The number of rotatable bonds is 4. The van der Waals surface area contributed by atoms with E-state index in [0.29, 0.717) is 23.2 Å². The van der Waals surface area contributed by atoms with Crippen LogP contribution in [0.4, 0.5) is 15.8 Å². The summed E-state index contributed by atoms with van der Waals surface area (Å²) < 4.78 is 14.8. The van der Waals surface area contributed by atoms with E-state index in [0.717, 1.165) is 12.1 Å². The van der Waals surface area contributed by atoms with Crippen LogP contribution in [0.2, 0.25) is 5.15 Å². The molecule has 0 unspecified atom stereocenters. The van der Waals surface area contributed by atoms with E-state index in [1.807, 2.05) is 0 Å². The van der Waals surface area contributed by atoms with Crippen LogP contribution in [0, 0.1) is 15.9 Å². The van der Waals surface area contributed by atoms with Crippen LogP contribution in [0.1, 0.15) is 5.82 Å². The molecule has 2 aromatic rings. The normalized spacial score (nSPS) is 10.5. The molecular formula is C11H10ClFN4O2. The van der Waals surface area contributed by atoms with Gasteiger partial charge in [-0.25, -0.2) is 4.98 Å². The molecule has 100 valence electrons. The Morgan fingerprint density at radius 3 is 2.89 bits per heavy atom. The molecule has 2 rings (SSSR count). The number of hydrogen-bond acceptors (Lipinski definition) is 4. The first-order valence-corrected chi connectivity index (χ1v) is 5.70. The number of nitro benzene ring substituents is 1. The van der Waals surface area contributed by atoms with Crippen molar-refractivity contribution in [3.63, 3.8) is 0 Å². The Morgan fingerprint density at radius 1 is 1.58 bits per heavy atom. The van der Waals surface area contributed by atoms with Gasteiger partial charge in [0.15, 0.2) is 0 Å². The molecule has 1 aromatic heterocycles. The monoisotopic (exact) mass is 284 g/mol. The molecule has 0 saturated heterocycles. The predicted octanol–water partition coefficient (Wildman–Crippen LogP) is 2.73. The topological polar surface area (TPSA) is 73.0 Å². The second-order valence-electron chi connectivity index (χ2n) is 3.83. The van der Waals surface area contributed by atoms with E-state index >= 15 is 0 Å². The molecule has 0 amide bonds. The Balaban J connectivity index is 2.14. The third kappa shape index (κ3) is 2.82. The first-order chi connectivity index (χ1) is 8.99. The van der Waals surface area contributed by atoms with Gasteiger partial charge in [0.2, 0.25) is 5.82 Å². The maximum atomic E-state index is 13.1. The number of hydrogen-bond donors (Lipinski definition) is 1. The van der Waals surface area contributed by atoms with Gasteiger partial charge in [0.1, 0.15) is 11.0 Å². The molecule has 1 aromatic carbocycles. The number of aromatic nitrogens is 2. The second kappa shape index (κ2) is 5.23. The largest absolute Gasteiger partial charge is 0.378 e. The predicted molar refractivity (Wildman–Crippen MR) is 68.6 cm³/mol. The van der Waals surface area contributed by atoms with E-state index in [-0.39, 0.29) is 0 Å². The van der Waals surface area contributed by atoms with Crippen molar-refractivity contribution in [1.82, 2.24) is 9.55 Å². The molecule has 1 N–H and O–H groups in total. The van der Waals surface area contributed by atoms with E-state index in [1.165, 1.54) is 12.3 Å². The van der Waals surface area contributed by atoms with Crippen molar-refractivity contribution in [3.8, 4) is 0 Å². The van der Waals surface area contributed by atoms with Crippen LogP contribution in [-0.4, -0.2) is 14.5 Å². The first kappa shape index (κ1) is 13.3. The maximum Gasteiger partial charge on any atom is 0.306 e. The van der Waals surface area contributed by atoms with E-state index in [2.05, 4.69) is 10.3 Å². The van der Waals surface area contributed by atoms with Gasteiger partial charge in [0.05, 0.1) is 17.7 Å². The van der Waals surface area contributed by atoms with Crippen molar-refractivity contribution in [2.24, 2.45) is 7.05 Å². The zero-order valence-corrected chi connectivity index (χ0v) is 10.7. The molecule has 1 heterocycles. The number of benzene rings is 1. The number of nitro groups is 1. The summed E-state index contributed by atoms with van der Waals surface area (Å²) in [4.78, 5) is 13.9. The standard InChI is InChI=1S/C11H10ClFN4O2/c1-16-10(12)5-15-11(16)6-14-7-2-3-8(13)9(4-7)17(18)19/h2-5,14H,6H2,1H3. The molecule has 0 aliphatic rings. The number of nitrogens with zero attached hydrogens (tertiary/aromatic N) is 3. The van der Waals surface area contributed by atoms with Gasteiger partial charge < -0.3 is 9.88 Å². The second-order valence-corrected chi connectivity index (χ2v) is 4.22. The maximum absolute atomic E-state index is 13.1. The zero-order chi connectivity index (χ0) is 14.0. The van der Waals surface area contributed by atoms with Gasteiger partial charge in [0.25, 0.3) is 0 Å². The lowest BCUT2D eigenvalue weighted by atomic mass is 10.2. The molecule has 0 aliphatic heterocycles. The van der Waals surface area contributed by atoms with Crippen LogP contribution < -0.4 is 5.32 Å². The highest BCUT2D eigenvalue weighted by molar-refractivity contribution is 6.29. The minimum atomic E-state index is -0.865. The fourth-order valence-electron chi connectivity index (χ4n) is 1.53. The van der Waals surface area contributed by atoms with Gasteiger partial charge >= 0.3 is 5.69 Å². The Morgan fingerprint density at radius 2 is 2.32 bits per heavy atom.